The molecule has 0 aliphatic carbocycles. The Balaban J connectivity index is 3.72. The van der Waals surface area contributed by atoms with Crippen molar-refractivity contribution in [2.45, 2.75) is 53.6 Å². The van der Waals surface area contributed by atoms with Crippen LogP contribution in [0.5, 0.6) is 0 Å². The Hall–Kier alpha value is -0.570. The van der Waals surface area contributed by atoms with Gasteiger partial charge in [0.25, 0.3) is 0 Å². The van der Waals surface area contributed by atoms with Crippen molar-refractivity contribution in [1.82, 2.24) is 5.32 Å². The molecule has 90 valence electrons. The number of rotatable bonds is 5. The van der Waals surface area contributed by atoms with Gasteiger partial charge in [0, 0.05) is 13.0 Å². The summed E-state index contributed by atoms with van der Waals surface area (Å²) in [5, 5.41) is 12.1. The van der Waals surface area contributed by atoms with Crippen LogP contribution in [0.2, 0.25) is 0 Å². The molecule has 0 spiro atoms. The fourth-order valence-electron chi connectivity index (χ4n) is 1.50. The molecule has 2 N–H and O–H groups in total. The molecule has 0 aromatic rings. The molecule has 0 fully saturated rings. The van der Waals surface area contributed by atoms with Crippen LogP contribution in [0.15, 0.2) is 0 Å². The van der Waals surface area contributed by atoms with E-state index in [1.807, 2.05) is 27.7 Å². The number of nitrogens with one attached hydrogen (secondary N) is 1. The van der Waals surface area contributed by atoms with E-state index in [2.05, 4.69) is 5.32 Å². The fourth-order valence-corrected chi connectivity index (χ4v) is 1.50. The first-order valence-electron chi connectivity index (χ1n) is 5.65. The van der Waals surface area contributed by atoms with Crippen LogP contribution in [0, 0.1) is 11.3 Å². The van der Waals surface area contributed by atoms with Crippen LogP contribution in [-0.4, -0.2) is 23.7 Å². The predicted octanol–water partition coefficient (Wildman–Crippen LogP) is 1.95. The summed E-state index contributed by atoms with van der Waals surface area (Å²) in [5.41, 5.74) is 0.0393. The summed E-state index contributed by atoms with van der Waals surface area (Å²) in [6.07, 6.45) is 0.990. The van der Waals surface area contributed by atoms with Crippen molar-refractivity contribution < 1.29 is 9.90 Å². The van der Waals surface area contributed by atoms with E-state index in [0.717, 1.165) is 6.42 Å². The Bertz CT molecular complexity index is 194. The molecule has 2 unspecified atom stereocenters. The number of carbonyl (C=O) groups is 1. The van der Waals surface area contributed by atoms with Crippen LogP contribution in [0.3, 0.4) is 0 Å². The molecule has 0 saturated carbocycles. The quantitative estimate of drug-likeness (QED) is 0.736. The highest BCUT2D eigenvalue weighted by atomic mass is 16.3. The molecular weight excluding hydrogens is 190 g/mol. The van der Waals surface area contributed by atoms with E-state index in [-0.39, 0.29) is 17.4 Å². The number of aliphatic hydroxyl groups is 1. The van der Waals surface area contributed by atoms with Crippen LogP contribution in [-0.2, 0) is 4.79 Å². The SMILES string of the molecule is CC(O)CC(C)CNC(=O)CC(C)(C)C. The van der Waals surface area contributed by atoms with Gasteiger partial charge in [0.05, 0.1) is 6.10 Å². The Morgan fingerprint density at radius 2 is 1.87 bits per heavy atom. The maximum atomic E-state index is 11.5. The van der Waals surface area contributed by atoms with Gasteiger partial charge in [0.1, 0.15) is 0 Å². The fraction of sp³-hybridized carbons (Fsp3) is 0.917. The van der Waals surface area contributed by atoms with Gasteiger partial charge >= 0.3 is 0 Å². The second-order valence-electron chi connectivity index (χ2n) is 5.73. The molecule has 0 aromatic heterocycles. The lowest BCUT2D eigenvalue weighted by molar-refractivity contribution is -0.123. The predicted molar refractivity (Wildman–Crippen MR) is 62.5 cm³/mol. The van der Waals surface area contributed by atoms with Gasteiger partial charge in [-0.15, -0.1) is 0 Å². The third kappa shape index (κ3) is 9.73. The minimum Gasteiger partial charge on any atom is -0.393 e. The molecule has 0 rings (SSSR count). The monoisotopic (exact) mass is 215 g/mol. The summed E-state index contributed by atoms with van der Waals surface area (Å²) in [6, 6.07) is 0. The van der Waals surface area contributed by atoms with Crippen molar-refractivity contribution in [1.29, 1.82) is 0 Å². The number of hydrogen-bond donors (Lipinski definition) is 2. The largest absolute Gasteiger partial charge is 0.393 e. The van der Waals surface area contributed by atoms with E-state index in [9.17, 15) is 4.79 Å². The van der Waals surface area contributed by atoms with Crippen molar-refractivity contribution >= 4 is 5.91 Å². The molecule has 2 atom stereocenters. The molecule has 0 heterocycles. The molecule has 3 nitrogen and oxygen atoms in total. The van der Waals surface area contributed by atoms with Crippen molar-refractivity contribution in [3.63, 3.8) is 0 Å². The van der Waals surface area contributed by atoms with Crippen molar-refractivity contribution in [2.24, 2.45) is 11.3 Å². The summed E-state index contributed by atoms with van der Waals surface area (Å²) in [5.74, 6) is 0.425. The van der Waals surface area contributed by atoms with E-state index in [1.54, 1.807) is 6.92 Å². The van der Waals surface area contributed by atoms with Gasteiger partial charge in [-0.3, -0.25) is 4.79 Å². The van der Waals surface area contributed by atoms with Crippen molar-refractivity contribution in [3.8, 4) is 0 Å². The van der Waals surface area contributed by atoms with E-state index in [1.165, 1.54) is 0 Å². The van der Waals surface area contributed by atoms with Crippen molar-refractivity contribution in [3.05, 3.63) is 0 Å². The molecule has 3 heteroatoms. The summed E-state index contributed by atoms with van der Waals surface area (Å²) in [4.78, 5) is 11.5. The van der Waals surface area contributed by atoms with E-state index in [0.29, 0.717) is 18.9 Å². The van der Waals surface area contributed by atoms with Gasteiger partial charge < -0.3 is 10.4 Å². The number of carbonyl (C=O) groups excluding carboxylic acids is 1. The zero-order valence-electron chi connectivity index (χ0n) is 10.6. The first-order chi connectivity index (χ1) is 6.70. The summed E-state index contributed by atoms with van der Waals surface area (Å²) < 4.78 is 0. The van der Waals surface area contributed by atoms with Gasteiger partial charge in [-0.1, -0.05) is 27.7 Å². The third-order valence-electron chi connectivity index (χ3n) is 2.08. The molecule has 0 saturated heterocycles. The smallest absolute Gasteiger partial charge is 0.220 e. The standard InChI is InChI=1S/C12H25NO2/c1-9(6-10(2)14)8-13-11(15)7-12(3,4)5/h9-10,14H,6-8H2,1-5H3,(H,13,15). The third-order valence-corrected chi connectivity index (χ3v) is 2.08. The highest BCUT2D eigenvalue weighted by molar-refractivity contribution is 5.76. The summed E-state index contributed by atoms with van der Waals surface area (Å²) in [6.45, 7) is 10.6. The lowest BCUT2D eigenvalue weighted by Gasteiger charge is -2.19. The average Bonchev–Trinajstić information content (AvgIpc) is 1.96. The highest BCUT2D eigenvalue weighted by Gasteiger charge is 2.16. The molecule has 0 aromatic carbocycles. The normalized spacial score (nSPS) is 15.9. The minimum absolute atomic E-state index is 0.0393. The van der Waals surface area contributed by atoms with Gasteiger partial charge in [-0.25, -0.2) is 0 Å². The number of hydrogen-bond acceptors (Lipinski definition) is 2. The Kier molecular flexibility index (Phi) is 5.88. The van der Waals surface area contributed by atoms with Crippen LogP contribution >= 0.6 is 0 Å². The zero-order chi connectivity index (χ0) is 12.1. The van der Waals surface area contributed by atoms with E-state index in [4.69, 9.17) is 5.11 Å². The molecule has 0 radical (unpaired) electrons. The van der Waals surface area contributed by atoms with E-state index >= 15 is 0 Å². The highest BCUT2D eigenvalue weighted by Crippen LogP contribution is 2.17. The molecule has 1 amide bonds. The van der Waals surface area contributed by atoms with Crippen LogP contribution in [0.25, 0.3) is 0 Å². The second kappa shape index (κ2) is 6.11. The Morgan fingerprint density at radius 3 is 2.27 bits per heavy atom. The first-order valence-corrected chi connectivity index (χ1v) is 5.65. The van der Waals surface area contributed by atoms with Crippen LogP contribution < -0.4 is 5.32 Å². The van der Waals surface area contributed by atoms with Gasteiger partial charge in [0.2, 0.25) is 5.91 Å². The maximum absolute atomic E-state index is 11.5. The molecule has 0 aliphatic rings. The van der Waals surface area contributed by atoms with Crippen LogP contribution in [0.1, 0.15) is 47.5 Å². The maximum Gasteiger partial charge on any atom is 0.220 e. The Labute approximate surface area is 93.3 Å². The lowest BCUT2D eigenvalue weighted by atomic mass is 9.92. The summed E-state index contributed by atoms with van der Waals surface area (Å²) >= 11 is 0. The van der Waals surface area contributed by atoms with E-state index < -0.39 is 0 Å². The number of aliphatic hydroxyl groups excluding tert-OH is 1. The molecular formula is C12H25NO2. The molecule has 15 heavy (non-hydrogen) atoms. The molecule has 0 aliphatic heterocycles. The van der Waals surface area contributed by atoms with Gasteiger partial charge in [-0.2, -0.15) is 0 Å². The lowest BCUT2D eigenvalue weighted by Crippen LogP contribution is -2.31. The average molecular weight is 215 g/mol. The van der Waals surface area contributed by atoms with Gasteiger partial charge in [0.15, 0.2) is 0 Å². The van der Waals surface area contributed by atoms with Crippen molar-refractivity contribution in [2.75, 3.05) is 6.54 Å². The van der Waals surface area contributed by atoms with Gasteiger partial charge in [-0.05, 0) is 24.7 Å². The first kappa shape index (κ1) is 14.4. The molecule has 0 bridgehead atoms. The summed E-state index contributed by atoms with van der Waals surface area (Å²) in [7, 11) is 0. The second-order valence-corrected chi connectivity index (χ2v) is 5.73. The Morgan fingerprint density at radius 1 is 1.33 bits per heavy atom. The van der Waals surface area contributed by atoms with Crippen LogP contribution in [0.4, 0.5) is 0 Å². The zero-order valence-corrected chi connectivity index (χ0v) is 10.6. The number of amides is 1. The minimum atomic E-state index is -0.292. The topological polar surface area (TPSA) is 49.3 Å².